The first kappa shape index (κ1) is 15.5. The largest absolute Gasteiger partial charge is 0.444 e. The Morgan fingerprint density at radius 1 is 1.48 bits per heavy atom. The Morgan fingerprint density at radius 2 is 2.14 bits per heavy atom. The van der Waals surface area contributed by atoms with Gasteiger partial charge in [0.15, 0.2) is 5.82 Å². The molecule has 1 aliphatic heterocycles. The number of nitrogens with zero attached hydrogens (tertiary/aromatic N) is 3. The molecule has 0 unspecified atom stereocenters. The van der Waals surface area contributed by atoms with Crippen molar-refractivity contribution in [1.82, 2.24) is 15.3 Å². The normalized spacial score (nSPS) is 18.7. The van der Waals surface area contributed by atoms with Gasteiger partial charge in [0.1, 0.15) is 5.60 Å². The number of aromatic nitrogens is 2. The van der Waals surface area contributed by atoms with E-state index in [0.29, 0.717) is 12.5 Å². The summed E-state index contributed by atoms with van der Waals surface area (Å²) in [6, 6.07) is 0.1000. The quantitative estimate of drug-likeness (QED) is 0.925. The van der Waals surface area contributed by atoms with Crippen molar-refractivity contribution < 1.29 is 13.9 Å². The lowest BCUT2D eigenvalue weighted by atomic mass is 10.2. The summed E-state index contributed by atoms with van der Waals surface area (Å²) in [6.07, 6.45) is 3.78. The summed E-state index contributed by atoms with van der Waals surface area (Å²) in [4.78, 5) is 21.6. The van der Waals surface area contributed by atoms with E-state index in [1.165, 1.54) is 0 Å². The van der Waals surface area contributed by atoms with Gasteiger partial charge in [-0.05, 0) is 33.6 Å². The van der Waals surface area contributed by atoms with Crippen LogP contribution >= 0.6 is 0 Å². The molecular formula is C14H21FN4O2. The van der Waals surface area contributed by atoms with Crippen LogP contribution in [0, 0.1) is 5.82 Å². The molecule has 2 rings (SSSR count). The van der Waals surface area contributed by atoms with Crippen LogP contribution < -0.4 is 10.2 Å². The van der Waals surface area contributed by atoms with Crippen LogP contribution in [0.15, 0.2) is 12.4 Å². The Hall–Kier alpha value is -1.92. The maximum absolute atomic E-state index is 12.9. The number of carbonyl (C=O) groups excluding carboxylic acids is 1. The van der Waals surface area contributed by atoms with Crippen LogP contribution in [0.3, 0.4) is 0 Å². The standard InChI is InChI=1S/C14H21FN4O2/c1-14(2,3)21-13(20)18-9-11-5-4-6-19(11)12-16-7-10(15)8-17-12/h7-8,11H,4-6,9H2,1-3H3,(H,18,20)/t11-/m1/s1. The van der Waals surface area contributed by atoms with E-state index >= 15 is 0 Å². The molecule has 0 aromatic carbocycles. The zero-order chi connectivity index (χ0) is 15.5. The first-order chi connectivity index (χ1) is 9.85. The number of halogens is 1. The van der Waals surface area contributed by atoms with Crippen LogP contribution in [0.5, 0.6) is 0 Å². The summed E-state index contributed by atoms with van der Waals surface area (Å²) >= 11 is 0. The summed E-state index contributed by atoms with van der Waals surface area (Å²) in [5.74, 6) is 0.0336. The molecule has 0 radical (unpaired) electrons. The van der Waals surface area contributed by atoms with Crippen LogP contribution in [0.25, 0.3) is 0 Å². The van der Waals surface area contributed by atoms with E-state index in [-0.39, 0.29) is 6.04 Å². The van der Waals surface area contributed by atoms with E-state index in [2.05, 4.69) is 15.3 Å². The van der Waals surface area contributed by atoms with Crippen molar-refractivity contribution >= 4 is 12.0 Å². The average molecular weight is 296 g/mol. The van der Waals surface area contributed by atoms with Gasteiger partial charge in [0.25, 0.3) is 0 Å². The van der Waals surface area contributed by atoms with Crippen molar-refractivity contribution in [2.45, 2.75) is 45.3 Å². The highest BCUT2D eigenvalue weighted by atomic mass is 19.1. The minimum absolute atomic E-state index is 0.1000. The van der Waals surface area contributed by atoms with Gasteiger partial charge in [-0.3, -0.25) is 0 Å². The highest BCUT2D eigenvalue weighted by molar-refractivity contribution is 5.67. The Bertz CT molecular complexity index is 487. The summed E-state index contributed by atoms with van der Waals surface area (Å²) < 4.78 is 18.1. The van der Waals surface area contributed by atoms with Crippen LogP contribution in [0.4, 0.5) is 15.1 Å². The van der Waals surface area contributed by atoms with Gasteiger partial charge in [0, 0.05) is 19.1 Å². The summed E-state index contributed by atoms with van der Waals surface area (Å²) in [5.41, 5.74) is -0.514. The monoisotopic (exact) mass is 296 g/mol. The molecule has 1 aromatic heterocycles. The summed E-state index contributed by atoms with van der Waals surface area (Å²) in [6.45, 7) is 6.71. The number of alkyl carbamates (subject to hydrolysis) is 1. The topological polar surface area (TPSA) is 67.3 Å². The molecule has 116 valence electrons. The van der Waals surface area contributed by atoms with Crippen LogP contribution in [0.1, 0.15) is 33.6 Å². The lowest BCUT2D eigenvalue weighted by Crippen LogP contribution is -2.42. The van der Waals surface area contributed by atoms with Crippen LogP contribution in [-0.2, 0) is 4.74 Å². The maximum atomic E-state index is 12.9. The van der Waals surface area contributed by atoms with Crippen molar-refractivity contribution in [2.75, 3.05) is 18.0 Å². The van der Waals surface area contributed by atoms with Gasteiger partial charge < -0.3 is 15.0 Å². The Morgan fingerprint density at radius 3 is 2.76 bits per heavy atom. The molecule has 0 saturated carbocycles. The fourth-order valence-corrected chi connectivity index (χ4v) is 2.28. The molecule has 0 bridgehead atoms. The van der Waals surface area contributed by atoms with Gasteiger partial charge >= 0.3 is 6.09 Å². The van der Waals surface area contributed by atoms with E-state index < -0.39 is 17.5 Å². The van der Waals surface area contributed by atoms with E-state index in [9.17, 15) is 9.18 Å². The molecule has 6 nitrogen and oxygen atoms in total. The predicted octanol–water partition coefficient (Wildman–Crippen LogP) is 2.11. The number of ether oxygens (including phenoxy) is 1. The van der Waals surface area contributed by atoms with E-state index in [0.717, 1.165) is 31.8 Å². The molecule has 0 aliphatic carbocycles. The van der Waals surface area contributed by atoms with Crippen molar-refractivity contribution in [3.05, 3.63) is 18.2 Å². The summed E-state index contributed by atoms with van der Waals surface area (Å²) in [7, 11) is 0. The Labute approximate surface area is 123 Å². The molecule has 1 aliphatic rings. The maximum Gasteiger partial charge on any atom is 0.407 e. The smallest absolute Gasteiger partial charge is 0.407 e. The van der Waals surface area contributed by atoms with Crippen LogP contribution in [0.2, 0.25) is 0 Å². The second kappa shape index (κ2) is 6.24. The molecule has 1 atom stereocenters. The third kappa shape index (κ3) is 4.54. The number of carbonyl (C=O) groups is 1. The van der Waals surface area contributed by atoms with E-state index in [4.69, 9.17) is 4.74 Å². The molecule has 1 fully saturated rings. The third-order valence-electron chi connectivity index (χ3n) is 3.12. The molecule has 1 amide bonds. The molecule has 1 aromatic rings. The number of rotatable bonds is 3. The second-order valence-electron chi connectivity index (χ2n) is 6.07. The molecule has 0 spiro atoms. The third-order valence-corrected chi connectivity index (χ3v) is 3.12. The van der Waals surface area contributed by atoms with Gasteiger partial charge in [0.2, 0.25) is 5.95 Å². The first-order valence-electron chi connectivity index (χ1n) is 7.06. The molecule has 1 N–H and O–H groups in total. The number of nitrogens with one attached hydrogen (secondary N) is 1. The zero-order valence-corrected chi connectivity index (χ0v) is 12.6. The highest BCUT2D eigenvalue weighted by Crippen LogP contribution is 2.21. The average Bonchev–Trinajstić information content (AvgIpc) is 2.83. The molecule has 2 heterocycles. The van der Waals surface area contributed by atoms with Gasteiger partial charge in [-0.15, -0.1) is 0 Å². The molecular weight excluding hydrogens is 275 g/mol. The van der Waals surface area contributed by atoms with Crippen molar-refractivity contribution in [2.24, 2.45) is 0 Å². The SMILES string of the molecule is CC(C)(C)OC(=O)NC[C@H]1CCCN1c1ncc(F)cn1. The highest BCUT2D eigenvalue weighted by Gasteiger charge is 2.27. The van der Waals surface area contributed by atoms with Gasteiger partial charge in [-0.2, -0.15) is 0 Å². The molecule has 1 saturated heterocycles. The predicted molar refractivity (Wildman–Crippen MR) is 76.6 cm³/mol. The summed E-state index contributed by atoms with van der Waals surface area (Å²) in [5, 5.41) is 2.76. The molecule has 7 heteroatoms. The van der Waals surface area contributed by atoms with Gasteiger partial charge in [0.05, 0.1) is 12.4 Å². The number of hydrogen-bond acceptors (Lipinski definition) is 5. The lowest BCUT2D eigenvalue weighted by Gasteiger charge is -2.25. The fraction of sp³-hybridized carbons (Fsp3) is 0.643. The Kier molecular flexibility index (Phi) is 4.59. The minimum atomic E-state index is -0.514. The number of amides is 1. The minimum Gasteiger partial charge on any atom is -0.444 e. The molecule has 21 heavy (non-hydrogen) atoms. The van der Waals surface area contributed by atoms with E-state index in [1.54, 1.807) is 0 Å². The van der Waals surface area contributed by atoms with Gasteiger partial charge in [-0.1, -0.05) is 0 Å². The Balaban J connectivity index is 1.90. The van der Waals surface area contributed by atoms with E-state index in [1.807, 2.05) is 25.7 Å². The first-order valence-corrected chi connectivity index (χ1v) is 7.06. The number of hydrogen-bond donors (Lipinski definition) is 1. The second-order valence-corrected chi connectivity index (χ2v) is 6.07. The zero-order valence-electron chi connectivity index (χ0n) is 12.6. The van der Waals surface area contributed by atoms with Crippen LogP contribution in [-0.4, -0.2) is 40.8 Å². The fourth-order valence-electron chi connectivity index (χ4n) is 2.28. The lowest BCUT2D eigenvalue weighted by molar-refractivity contribution is 0.0525. The van der Waals surface area contributed by atoms with Crippen molar-refractivity contribution in [3.63, 3.8) is 0 Å². The van der Waals surface area contributed by atoms with Crippen molar-refractivity contribution in [3.8, 4) is 0 Å². The number of anilines is 1. The van der Waals surface area contributed by atoms with Crippen molar-refractivity contribution in [1.29, 1.82) is 0 Å². The van der Waals surface area contributed by atoms with Gasteiger partial charge in [-0.25, -0.2) is 19.2 Å².